The van der Waals surface area contributed by atoms with Crippen LogP contribution in [0.5, 0.6) is 5.75 Å². The molecule has 27 heavy (non-hydrogen) atoms. The fraction of sp³-hybridized carbons (Fsp3) is 0.316. The van der Waals surface area contributed by atoms with Gasteiger partial charge in [-0.3, -0.25) is 4.79 Å². The molecule has 2 N–H and O–H groups in total. The maximum Gasteiger partial charge on any atom is 0.240 e. The van der Waals surface area contributed by atoms with Crippen LogP contribution in [0, 0.1) is 0 Å². The molecule has 0 radical (unpaired) electrons. The Kier molecular flexibility index (Phi) is 6.08. The number of thioether (sulfide) groups is 1. The van der Waals surface area contributed by atoms with Crippen LogP contribution in [0.4, 0.5) is 5.69 Å². The third kappa shape index (κ3) is 4.82. The molecule has 1 atom stereocenters. The van der Waals surface area contributed by atoms with Crippen molar-refractivity contribution in [2.75, 3.05) is 11.9 Å². The van der Waals surface area contributed by atoms with E-state index in [1.165, 1.54) is 6.07 Å². The SMILES string of the molecule is CCOc1ccccc1CNS(=O)(=O)c1ccc2c(c1)NC(=O)CC(C)S2. The topological polar surface area (TPSA) is 84.5 Å². The normalized spacial score (nSPS) is 17.0. The highest BCUT2D eigenvalue weighted by Gasteiger charge is 2.22. The van der Waals surface area contributed by atoms with E-state index >= 15 is 0 Å². The molecule has 0 saturated heterocycles. The molecule has 0 aliphatic carbocycles. The minimum absolute atomic E-state index is 0.109. The Labute approximate surface area is 163 Å². The maximum absolute atomic E-state index is 12.7. The molecule has 0 aromatic heterocycles. The van der Waals surface area contributed by atoms with E-state index < -0.39 is 10.0 Å². The number of nitrogens with one attached hydrogen (secondary N) is 2. The number of carbonyl (C=O) groups excluding carboxylic acids is 1. The van der Waals surface area contributed by atoms with Gasteiger partial charge in [0.25, 0.3) is 0 Å². The van der Waals surface area contributed by atoms with Gasteiger partial charge in [-0.1, -0.05) is 25.1 Å². The molecule has 144 valence electrons. The Hall–Kier alpha value is -2.03. The van der Waals surface area contributed by atoms with Gasteiger partial charge in [0.2, 0.25) is 15.9 Å². The molecule has 6 nitrogen and oxygen atoms in total. The molecular weight excluding hydrogens is 384 g/mol. The van der Waals surface area contributed by atoms with E-state index in [4.69, 9.17) is 4.74 Å². The zero-order valence-electron chi connectivity index (χ0n) is 15.2. The van der Waals surface area contributed by atoms with Gasteiger partial charge in [-0.25, -0.2) is 13.1 Å². The first-order valence-corrected chi connectivity index (χ1v) is 11.1. The Morgan fingerprint density at radius 1 is 1.26 bits per heavy atom. The van der Waals surface area contributed by atoms with Gasteiger partial charge in [0, 0.05) is 28.7 Å². The molecule has 0 saturated carbocycles. The van der Waals surface area contributed by atoms with Crippen molar-refractivity contribution in [3.63, 3.8) is 0 Å². The Morgan fingerprint density at radius 2 is 2.04 bits per heavy atom. The second-order valence-electron chi connectivity index (χ2n) is 6.20. The minimum atomic E-state index is -3.73. The zero-order valence-corrected chi connectivity index (χ0v) is 16.8. The first-order valence-electron chi connectivity index (χ1n) is 8.70. The highest BCUT2D eigenvalue weighted by molar-refractivity contribution is 8.00. The number of amides is 1. The minimum Gasteiger partial charge on any atom is -0.494 e. The van der Waals surface area contributed by atoms with Gasteiger partial charge in [0.05, 0.1) is 17.2 Å². The van der Waals surface area contributed by atoms with E-state index in [2.05, 4.69) is 10.0 Å². The van der Waals surface area contributed by atoms with Crippen LogP contribution in [0.3, 0.4) is 0 Å². The van der Waals surface area contributed by atoms with Crippen molar-refractivity contribution >= 4 is 33.4 Å². The lowest BCUT2D eigenvalue weighted by atomic mass is 10.2. The summed E-state index contributed by atoms with van der Waals surface area (Å²) in [6.45, 7) is 4.48. The number of fused-ring (bicyclic) bond motifs is 1. The lowest BCUT2D eigenvalue weighted by Crippen LogP contribution is -2.24. The number of ether oxygens (including phenoxy) is 1. The number of carbonyl (C=O) groups is 1. The van der Waals surface area contributed by atoms with Crippen LogP contribution < -0.4 is 14.8 Å². The quantitative estimate of drug-likeness (QED) is 0.768. The van der Waals surface area contributed by atoms with E-state index in [0.717, 1.165) is 10.5 Å². The van der Waals surface area contributed by atoms with Crippen LogP contribution in [0.15, 0.2) is 52.3 Å². The summed E-state index contributed by atoms with van der Waals surface area (Å²) in [6, 6.07) is 12.1. The summed E-state index contributed by atoms with van der Waals surface area (Å²) in [7, 11) is -3.73. The van der Waals surface area contributed by atoms with Crippen LogP contribution in [0.1, 0.15) is 25.8 Å². The number of rotatable bonds is 6. The summed E-state index contributed by atoms with van der Waals surface area (Å²) < 4.78 is 33.6. The van der Waals surface area contributed by atoms with Gasteiger partial charge in [0.15, 0.2) is 0 Å². The molecule has 3 rings (SSSR count). The summed E-state index contributed by atoms with van der Waals surface area (Å²) >= 11 is 1.56. The van der Waals surface area contributed by atoms with Crippen molar-refractivity contribution in [2.45, 2.75) is 41.9 Å². The number of hydrogen-bond donors (Lipinski definition) is 2. The van der Waals surface area contributed by atoms with Crippen molar-refractivity contribution in [3.05, 3.63) is 48.0 Å². The van der Waals surface area contributed by atoms with Gasteiger partial charge in [-0.05, 0) is 31.2 Å². The third-order valence-corrected chi connectivity index (χ3v) is 6.64. The molecule has 1 amide bonds. The van der Waals surface area contributed by atoms with Gasteiger partial charge in [0.1, 0.15) is 5.75 Å². The molecule has 8 heteroatoms. The number of para-hydroxylation sites is 1. The van der Waals surface area contributed by atoms with Crippen molar-refractivity contribution < 1.29 is 17.9 Å². The van der Waals surface area contributed by atoms with E-state index in [9.17, 15) is 13.2 Å². The molecule has 1 heterocycles. The second kappa shape index (κ2) is 8.33. The van der Waals surface area contributed by atoms with Gasteiger partial charge >= 0.3 is 0 Å². The molecule has 2 aromatic rings. The predicted octanol–water partition coefficient (Wildman–Crippen LogP) is 3.39. The summed E-state index contributed by atoms with van der Waals surface area (Å²) in [5.41, 5.74) is 1.29. The van der Waals surface area contributed by atoms with Crippen LogP contribution in [-0.2, 0) is 21.4 Å². The van der Waals surface area contributed by atoms with E-state index in [0.29, 0.717) is 24.5 Å². The van der Waals surface area contributed by atoms with Gasteiger partial charge in [-0.2, -0.15) is 0 Å². The van der Waals surface area contributed by atoms with Gasteiger partial charge < -0.3 is 10.1 Å². The fourth-order valence-corrected chi connectivity index (χ4v) is 4.88. The zero-order chi connectivity index (χ0) is 19.4. The average Bonchev–Trinajstić information content (AvgIpc) is 2.76. The Balaban J connectivity index is 1.81. The molecule has 0 fully saturated rings. The number of benzene rings is 2. The molecular formula is C19H22N2O4S2. The maximum atomic E-state index is 12.7. The van der Waals surface area contributed by atoms with Crippen LogP contribution >= 0.6 is 11.8 Å². The highest BCUT2D eigenvalue weighted by Crippen LogP contribution is 2.36. The highest BCUT2D eigenvalue weighted by atomic mass is 32.2. The first-order chi connectivity index (χ1) is 12.9. The average molecular weight is 407 g/mol. The molecule has 2 aromatic carbocycles. The van der Waals surface area contributed by atoms with E-state index in [1.807, 2.05) is 38.1 Å². The second-order valence-corrected chi connectivity index (χ2v) is 9.45. The predicted molar refractivity (Wildman–Crippen MR) is 107 cm³/mol. The number of sulfonamides is 1. The molecule has 1 aliphatic heterocycles. The Bertz CT molecular complexity index is 944. The Morgan fingerprint density at radius 3 is 2.81 bits per heavy atom. The van der Waals surface area contributed by atoms with Crippen LogP contribution in [-0.4, -0.2) is 26.2 Å². The first kappa shape index (κ1) is 19.7. The van der Waals surface area contributed by atoms with Crippen LogP contribution in [0.25, 0.3) is 0 Å². The summed E-state index contributed by atoms with van der Waals surface area (Å²) in [4.78, 5) is 12.9. The van der Waals surface area contributed by atoms with Crippen molar-refractivity contribution in [1.82, 2.24) is 4.72 Å². The smallest absolute Gasteiger partial charge is 0.240 e. The van der Waals surface area contributed by atoms with E-state index in [-0.39, 0.29) is 22.6 Å². The summed E-state index contributed by atoms with van der Waals surface area (Å²) in [5.74, 6) is 0.546. The fourth-order valence-electron chi connectivity index (χ4n) is 2.80. The largest absolute Gasteiger partial charge is 0.494 e. The third-order valence-electron chi connectivity index (χ3n) is 4.06. The molecule has 1 unspecified atom stereocenters. The number of anilines is 1. The van der Waals surface area contributed by atoms with Crippen molar-refractivity contribution in [2.24, 2.45) is 0 Å². The summed E-state index contributed by atoms with van der Waals surface area (Å²) in [6.07, 6.45) is 0.397. The lowest BCUT2D eigenvalue weighted by Gasteiger charge is -2.13. The standard InChI is InChI=1S/C19H22N2O4S2/c1-3-25-17-7-5-4-6-14(17)12-20-27(23,24)15-8-9-18-16(11-15)21-19(22)10-13(2)26-18/h4-9,11,13,20H,3,10,12H2,1-2H3,(H,21,22). The van der Waals surface area contributed by atoms with Crippen molar-refractivity contribution in [1.29, 1.82) is 0 Å². The van der Waals surface area contributed by atoms with Crippen LogP contribution in [0.2, 0.25) is 0 Å². The molecule has 1 aliphatic rings. The summed E-state index contributed by atoms with van der Waals surface area (Å²) in [5, 5.41) is 2.93. The van der Waals surface area contributed by atoms with Gasteiger partial charge in [-0.15, -0.1) is 11.8 Å². The lowest BCUT2D eigenvalue weighted by molar-refractivity contribution is -0.116. The van der Waals surface area contributed by atoms with Crippen molar-refractivity contribution in [3.8, 4) is 5.75 Å². The monoisotopic (exact) mass is 406 g/mol. The van der Waals surface area contributed by atoms with E-state index in [1.54, 1.807) is 23.9 Å². The molecule has 0 bridgehead atoms. The number of hydrogen-bond acceptors (Lipinski definition) is 5. The molecule has 0 spiro atoms.